The second-order valence-corrected chi connectivity index (χ2v) is 2.42. The van der Waals surface area contributed by atoms with E-state index in [-0.39, 0.29) is 0 Å². The Morgan fingerprint density at radius 2 is 2.08 bits per heavy atom. The Labute approximate surface area is 70.9 Å². The fraction of sp³-hybridized carbons (Fsp3) is 0.222. The van der Waals surface area contributed by atoms with E-state index in [0.29, 0.717) is 5.56 Å². The molecule has 0 aromatic carbocycles. The summed E-state index contributed by atoms with van der Waals surface area (Å²) in [6.07, 6.45) is 1.60. The van der Waals surface area contributed by atoms with Crippen molar-refractivity contribution >= 4 is 0 Å². The lowest BCUT2D eigenvalue weighted by Crippen LogP contribution is -1.93. The van der Waals surface area contributed by atoms with Gasteiger partial charge in [-0.25, -0.2) is 0 Å². The Kier molecular flexibility index (Phi) is 2.40. The van der Waals surface area contributed by atoms with Crippen molar-refractivity contribution < 1.29 is 0 Å². The van der Waals surface area contributed by atoms with E-state index in [4.69, 9.17) is 10.5 Å². The van der Waals surface area contributed by atoms with Gasteiger partial charge in [0.1, 0.15) is 0 Å². The van der Waals surface area contributed by atoms with Crippen LogP contribution in [0.1, 0.15) is 17.2 Å². The van der Waals surface area contributed by atoms with Gasteiger partial charge < -0.3 is 0 Å². The highest BCUT2D eigenvalue weighted by atomic mass is 14.6. The predicted molar refractivity (Wildman–Crippen MR) is 42.9 cm³/mol. The van der Waals surface area contributed by atoms with Gasteiger partial charge >= 0.3 is 0 Å². The van der Waals surface area contributed by atoms with E-state index in [0.717, 1.165) is 5.69 Å². The maximum absolute atomic E-state index is 8.58. The molecule has 0 saturated carbocycles. The third-order valence-electron chi connectivity index (χ3n) is 1.51. The fourth-order valence-corrected chi connectivity index (χ4v) is 0.925. The lowest BCUT2D eigenvalue weighted by molar-refractivity contribution is 1.07. The molecule has 0 fully saturated rings. The third kappa shape index (κ3) is 1.59. The molecule has 12 heavy (non-hydrogen) atoms. The van der Waals surface area contributed by atoms with E-state index >= 15 is 0 Å². The lowest BCUT2D eigenvalue weighted by atomic mass is 10.0. The summed E-state index contributed by atoms with van der Waals surface area (Å²) >= 11 is 0. The number of pyridine rings is 1. The summed E-state index contributed by atoms with van der Waals surface area (Å²) in [5.74, 6) is -0.674. The van der Waals surface area contributed by atoms with E-state index in [9.17, 15) is 0 Å². The van der Waals surface area contributed by atoms with Crippen molar-refractivity contribution in [2.24, 2.45) is 0 Å². The van der Waals surface area contributed by atoms with Crippen LogP contribution in [-0.4, -0.2) is 4.98 Å². The van der Waals surface area contributed by atoms with Gasteiger partial charge in [-0.3, -0.25) is 4.98 Å². The maximum Gasteiger partial charge on any atom is 0.158 e. The largest absolute Gasteiger partial charge is 0.262 e. The van der Waals surface area contributed by atoms with Crippen molar-refractivity contribution in [2.45, 2.75) is 12.8 Å². The van der Waals surface area contributed by atoms with Gasteiger partial charge in [0.2, 0.25) is 0 Å². The van der Waals surface area contributed by atoms with Crippen molar-refractivity contribution in [1.82, 2.24) is 4.98 Å². The quantitative estimate of drug-likeness (QED) is 0.620. The van der Waals surface area contributed by atoms with Gasteiger partial charge in [0.15, 0.2) is 5.92 Å². The minimum Gasteiger partial charge on any atom is -0.262 e. The van der Waals surface area contributed by atoms with Gasteiger partial charge in [-0.05, 0) is 24.6 Å². The van der Waals surface area contributed by atoms with Crippen LogP contribution in [0, 0.1) is 29.6 Å². The summed E-state index contributed by atoms with van der Waals surface area (Å²) in [7, 11) is 0. The zero-order valence-corrected chi connectivity index (χ0v) is 6.65. The molecule has 3 nitrogen and oxygen atoms in total. The number of aryl methyl sites for hydroxylation is 1. The predicted octanol–water partition coefficient (Wildman–Crippen LogP) is 1.52. The van der Waals surface area contributed by atoms with Gasteiger partial charge in [-0.1, -0.05) is 0 Å². The first kappa shape index (κ1) is 8.23. The van der Waals surface area contributed by atoms with Crippen LogP contribution in [0.2, 0.25) is 0 Å². The summed E-state index contributed by atoms with van der Waals surface area (Å²) in [6.45, 7) is 1.83. The SMILES string of the molecule is Cc1cc(C(C#N)C#N)ccn1. The molecule has 0 aliphatic heterocycles. The Morgan fingerprint density at radius 1 is 1.42 bits per heavy atom. The molecule has 1 aromatic rings. The van der Waals surface area contributed by atoms with E-state index in [1.54, 1.807) is 18.3 Å². The molecule has 0 N–H and O–H groups in total. The highest BCUT2D eigenvalue weighted by Gasteiger charge is 2.07. The minimum atomic E-state index is -0.674. The minimum absolute atomic E-state index is 0.674. The van der Waals surface area contributed by atoms with Gasteiger partial charge in [0, 0.05) is 11.9 Å². The molecule has 58 valence electrons. The van der Waals surface area contributed by atoms with Crippen LogP contribution in [-0.2, 0) is 0 Å². The van der Waals surface area contributed by atoms with Crippen LogP contribution >= 0.6 is 0 Å². The van der Waals surface area contributed by atoms with Crippen molar-refractivity contribution in [3.05, 3.63) is 29.6 Å². The molecule has 0 saturated heterocycles. The van der Waals surface area contributed by atoms with Crippen LogP contribution in [0.25, 0.3) is 0 Å². The fourth-order valence-electron chi connectivity index (χ4n) is 0.925. The third-order valence-corrected chi connectivity index (χ3v) is 1.51. The zero-order valence-electron chi connectivity index (χ0n) is 6.65. The van der Waals surface area contributed by atoms with E-state index in [1.807, 2.05) is 19.1 Å². The average molecular weight is 157 g/mol. The molecule has 3 heteroatoms. The molecule has 0 atom stereocenters. The van der Waals surface area contributed by atoms with Crippen LogP contribution in [0.4, 0.5) is 0 Å². The Morgan fingerprint density at radius 3 is 2.58 bits per heavy atom. The molecule has 0 unspecified atom stereocenters. The molecule has 1 heterocycles. The van der Waals surface area contributed by atoms with Gasteiger partial charge in [-0.2, -0.15) is 10.5 Å². The second kappa shape index (κ2) is 3.50. The molecular formula is C9H7N3. The smallest absolute Gasteiger partial charge is 0.158 e. The summed E-state index contributed by atoms with van der Waals surface area (Å²) in [5.41, 5.74) is 1.54. The molecule has 0 bridgehead atoms. The highest BCUT2D eigenvalue weighted by molar-refractivity contribution is 5.30. The Bertz CT molecular complexity index is 343. The molecular weight excluding hydrogens is 150 g/mol. The topological polar surface area (TPSA) is 60.5 Å². The lowest BCUT2D eigenvalue weighted by Gasteiger charge is -1.99. The van der Waals surface area contributed by atoms with Gasteiger partial charge in [0.05, 0.1) is 12.1 Å². The van der Waals surface area contributed by atoms with E-state index in [2.05, 4.69) is 4.98 Å². The molecule has 0 amide bonds. The van der Waals surface area contributed by atoms with E-state index < -0.39 is 5.92 Å². The number of nitriles is 2. The average Bonchev–Trinajstić information content (AvgIpc) is 2.07. The van der Waals surface area contributed by atoms with Crippen molar-refractivity contribution in [3.63, 3.8) is 0 Å². The summed E-state index contributed by atoms with van der Waals surface area (Å²) in [6, 6.07) is 7.24. The monoisotopic (exact) mass is 157 g/mol. The first-order valence-electron chi connectivity index (χ1n) is 3.49. The number of nitrogens with zero attached hydrogens (tertiary/aromatic N) is 3. The molecule has 0 aliphatic carbocycles. The van der Waals surface area contributed by atoms with Crippen LogP contribution < -0.4 is 0 Å². The highest BCUT2D eigenvalue weighted by Crippen LogP contribution is 2.13. The molecule has 0 radical (unpaired) electrons. The standard InChI is InChI=1S/C9H7N3/c1-7-4-8(2-3-12-7)9(5-10)6-11/h2-4,9H,1H3. The molecule has 0 spiro atoms. The van der Waals surface area contributed by atoms with Crippen molar-refractivity contribution in [3.8, 4) is 12.1 Å². The number of aromatic nitrogens is 1. The van der Waals surface area contributed by atoms with Crippen LogP contribution in [0.3, 0.4) is 0 Å². The number of hydrogen-bond donors (Lipinski definition) is 0. The zero-order chi connectivity index (χ0) is 8.97. The molecule has 1 rings (SSSR count). The number of rotatable bonds is 1. The van der Waals surface area contributed by atoms with E-state index in [1.165, 1.54) is 0 Å². The summed E-state index contributed by atoms with van der Waals surface area (Å²) < 4.78 is 0. The Hall–Kier alpha value is -1.87. The van der Waals surface area contributed by atoms with Crippen LogP contribution in [0.5, 0.6) is 0 Å². The first-order valence-corrected chi connectivity index (χ1v) is 3.49. The van der Waals surface area contributed by atoms with Gasteiger partial charge in [0.25, 0.3) is 0 Å². The Balaban J connectivity index is 3.06. The van der Waals surface area contributed by atoms with Gasteiger partial charge in [-0.15, -0.1) is 0 Å². The van der Waals surface area contributed by atoms with Crippen molar-refractivity contribution in [1.29, 1.82) is 10.5 Å². The van der Waals surface area contributed by atoms with Crippen LogP contribution in [0.15, 0.2) is 18.3 Å². The molecule has 0 aliphatic rings. The van der Waals surface area contributed by atoms with Crippen molar-refractivity contribution in [2.75, 3.05) is 0 Å². The normalized spacial score (nSPS) is 9.00. The number of hydrogen-bond acceptors (Lipinski definition) is 3. The summed E-state index contributed by atoms with van der Waals surface area (Å²) in [5, 5.41) is 17.2. The maximum atomic E-state index is 8.58. The summed E-state index contributed by atoms with van der Waals surface area (Å²) in [4.78, 5) is 3.97. The second-order valence-electron chi connectivity index (χ2n) is 2.42. The first-order chi connectivity index (χ1) is 5.77. The molecule has 1 aromatic heterocycles.